The van der Waals surface area contributed by atoms with Gasteiger partial charge in [-0.2, -0.15) is 0 Å². The molecule has 2 heterocycles. The smallest absolute Gasteiger partial charge is 0.340 e. The Morgan fingerprint density at radius 1 is 1.33 bits per heavy atom. The first-order chi connectivity index (χ1) is 14.4. The van der Waals surface area contributed by atoms with Gasteiger partial charge in [-0.1, -0.05) is 5.92 Å². The molecule has 3 aromatic rings. The van der Waals surface area contributed by atoms with E-state index in [1.807, 2.05) is 0 Å². The zero-order valence-corrected chi connectivity index (χ0v) is 17.5. The monoisotopic (exact) mass is 429 g/mol. The lowest BCUT2D eigenvalue weighted by Crippen LogP contribution is -2.20. The van der Waals surface area contributed by atoms with Crippen LogP contribution in [0, 0.1) is 24.6 Å². The summed E-state index contributed by atoms with van der Waals surface area (Å²) in [7, 11) is 1.46. The number of halogens is 1. The number of nitrogens with one attached hydrogen (secondary N) is 2. The number of nitrogens with zero attached hydrogens (tertiary/aromatic N) is 1. The number of anilines is 1. The van der Waals surface area contributed by atoms with E-state index >= 15 is 0 Å². The Kier molecular flexibility index (Phi) is 6.82. The van der Waals surface area contributed by atoms with Crippen molar-refractivity contribution in [2.24, 2.45) is 0 Å². The van der Waals surface area contributed by atoms with Gasteiger partial charge in [0, 0.05) is 29.6 Å². The largest absolute Gasteiger partial charge is 0.481 e. The van der Waals surface area contributed by atoms with Crippen LogP contribution in [0.2, 0.25) is 0 Å². The minimum absolute atomic E-state index is 0.00364. The van der Waals surface area contributed by atoms with Crippen molar-refractivity contribution in [3.05, 3.63) is 63.4 Å². The number of benzene rings is 1. The summed E-state index contributed by atoms with van der Waals surface area (Å²) >= 11 is -1.68. The highest BCUT2D eigenvalue weighted by atomic mass is 32.2. The van der Waals surface area contributed by atoms with Crippen LogP contribution in [0.5, 0.6) is 5.75 Å². The summed E-state index contributed by atoms with van der Waals surface area (Å²) < 4.78 is 42.2. The predicted molar refractivity (Wildman–Crippen MR) is 114 cm³/mol. The minimum Gasteiger partial charge on any atom is -0.481 e. The maximum atomic E-state index is 14.8. The highest BCUT2D eigenvalue weighted by molar-refractivity contribution is 7.84. The maximum absolute atomic E-state index is 14.8. The Labute approximate surface area is 175 Å². The van der Waals surface area contributed by atoms with E-state index in [0.29, 0.717) is 22.5 Å². The van der Waals surface area contributed by atoms with E-state index in [9.17, 15) is 13.4 Å². The number of hydrogen-bond acceptors (Lipinski definition) is 5. The first kappa shape index (κ1) is 21.5. The number of rotatable bonds is 7. The minimum atomic E-state index is -1.68. The zero-order chi connectivity index (χ0) is 21.7. The first-order valence-electron chi connectivity index (χ1n) is 9.02. The van der Waals surface area contributed by atoms with Crippen molar-refractivity contribution in [2.45, 2.75) is 20.3 Å². The van der Waals surface area contributed by atoms with Gasteiger partial charge < -0.3 is 9.15 Å². The van der Waals surface area contributed by atoms with Gasteiger partial charge in [0.05, 0.1) is 0 Å². The van der Waals surface area contributed by atoms with Crippen LogP contribution in [-0.4, -0.2) is 22.8 Å². The molecule has 2 N–H and O–H groups in total. The molecule has 0 saturated heterocycles. The summed E-state index contributed by atoms with van der Waals surface area (Å²) in [5.41, 5.74) is 1.07. The van der Waals surface area contributed by atoms with E-state index in [0.717, 1.165) is 5.39 Å². The molecule has 0 amide bonds. The Morgan fingerprint density at radius 3 is 2.87 bits per heavy atom. The molecule has 1 unspecified atom stereocenters. The van der Waals surface area contributed by atoms with Crippen LogP contribution in [0.1, 0.15) is 23.6 Å². The van der Waals surface area contributed by atoms with Gasteiger partial charge in [-0.3, -0.25) is 4.72 Å². The van der Waals surface area contributed by atoms with Gasteiger partial charge in [0.25, 0.3) is 0 Å². The molecule has 0 aliphatic carbocycles. The normalized spacial score (nSPS) is 11.6. The van der Waals surface area contributed by atoms with Gasteiger partial charge >= 0.3 is 5.63 Å². The fourth-order valence-corrected chi connectivity index (χ4v) is 3.30. The van der Waals surface area contributed by atoms with Crippen LogP contribution in [0.3, 0.4) is 0 Å². The molecule has 2 aromatic heterocycles. The molecule has 0 radical (unpaired) electrons. The molecule has 9 heteroatoms. The summed E-state index contributed by atoms with van der Waals surface area (Å²) in [6, 6.07) is 6.65. The Hall–Kier alpha value is -3.22. The predicted octanol–water partition coefficient (Wildman–Crippen LogP) is 2.84. The molecule has 0 aliphatic rings. The third kappa shape index (κ3) is 4.67. The van der Waals surface area contributed by atoms with E-state index in [1.54, 1.807) is 32.0 Å². The molecule has 30 heavy (non-hydrogen) atoms. The third-order valence-electron chi connectivity index (χ3n) is 4.46. The molecule has 0 bridgehead atoms. The summed E-state index contributed by atoms with van der Waals surface area (Å²) in [5, 5.41) is 0.725. The van der Waals surface area contributed by atoms with Crippen LogP contribution in [0.4, 0.5) is 10.2 Å². The third-order valence-corrected chi connectivity index (χ3v) is 5.21. The Morgan fingerprint density at radius 2 is 2.13 bits per heavy atom. The number of ether oxygens (including phenoxy) is 1. The first-order valence-corrected chi connectivity index (χ1v) is 10.2. The van der Waals surface area contributed by atoms with Crippen LogP contribution in [0.25, 0.3) is 11.0 Å². The van der Waals surface area contributed by atoms with Crippen LogP contribution in [-0.2, 0) is 17.6 Å². The molecule has 7 nitrogen and oxygen atoms in total. The van der Waals surface area contributed by atoms with Crippen LogP contribution in [0.15, 0.2) is 39.7 Å². The molecule has 0 fully saturated rings. The summed E-state index contributed by atoms with van der Waals surface area (Å²) in [4.78, 5) is 16.5. The molecule has 1 aromatic carbocycles. The Balaban J connectivity index is 1.96. The van der Waals surface area contributed by atoms with Gasteiger partial charge in [0.15, 0.2) is 22.8 Å². The van der Waals surface area contributed by atoms with Crippen molar-refractivity contribution in [1.82, 2.24) is 9.71 Å². The van der Waals surface area contributed by atoms with Crippen molar-refractivity contribution in [1.29, 1.82) is 0 Å². The number of aryl methyl sites for hydroxylation is 1. The number of pyridine rings is 1. The number of aromatic nitrogens is 1. The van der Waals surface area contributed by atoms with Gasteiger partial charge in [-0.25, -0.2) is 23.1 Å². The fourth-order valence-electron chi connectivity index (χ4n) is 2.88. The van der Waals surface area contributed by atoms with E-state index in [1.165, 1.54) is 19.3 Å². The molecule has 3 rings (SSSR count). The van der Waals surface area contributed by atoms with Gasteiger partial charge in [0.1, 0.15) is 17.9 Å². The standard InChI is InChI=1S/C21H20FN3O4S/c1-4-5-10-28-15-6-7-16-13(2)17(21(26)29-18(16)12-15)11-14-8-9-24-20(19(14)22)25-30(27)23-3/h6-9,12,23H,10-11H2,1-3H3,(H,24,25). The highest BCUT2D eigenvalue weighted by Crippen LogP contribution is 2.26. The zero-order valence-electron chi connectivity index (χ0n) is 16.7. The van der Waals surface area contributed by atoms with Gasteiger partial charge in [0.2, 0.25) is 0 Å². The number of hydrogen-bond donors (Lipinski definition) is 2. The summed E-state index contributed by atoms with van der Waals surface area (Å²) in [5.74, 6) is 5.22. The maximum Gasteiger partial charge on any atom is 0.340 e. The molecule has 1 atom stereocenters. The van der Waals surface area contributed by atoms with Crippen LogP contribution < -0.4 is 19.8 Å². The van der Waals surface area contributed by atoms with Crippen molar-refractivity contribution in [3.8, 4) is 17.6 Å². The molecule has 0 spiro atoms. The average molecular weight is 429 g/mol. The second kappa shape index (κ2) is 9.52. The van der Waals surface area contributed by atoms with Crippen LogP contribution >= 0.6 is 0 Å². The summed E-state index contributed by atoms with van der Waals surface area (Å²) in [6.07, 6.45) is 1.39. The molecule has 0 aliphatic heterocycles. The quantitative estimate of drug-likeness (QED) is 0.445. The topological polar surface area (TPSA) is 93.5 Å². The molecular formula is C21H20FN3O4S. The van der Waals surface area contributed by atoms with Crippen molar-refractivity contribution < 1.29 is 17.8 Å². The molecular weight excluding hydrogens is 409 g/mol. The second-order valence-electron chi connectivity index (χ2n) is 6.25. The summed E-state index contributed by atoms with van der Waals surface area (Å²) in [6.45, 7) is 3.74. The lowest BCUT2D eigenvalue weighted by molar-refractivity contribution is 0.370. The lowest BCUT2D eigenvalue weighted by Gasteiger charge is -2.11. The SMILES string of the molecule is CC#CCOc1ccc2c(C)c(Cc3ccnc(NS(=O)NC)c3F)c(=O)oc2c1. The average Bonchev–Trinajstić information content (AvgIpc) is 2.73. The Bertz CT molecular complexity index is 1230. The second-order valence-corrected chi connectivity index (χ2v) is 7.40. The van der Waals surface area contributed by atoms with Gasteiger partial charge in [-0.05, 0) is 50.2 Å². The highest BCUT2D eigenvalue weighted by Gasteiger charge is 2.17. The van der Waals surface area contributed by atoms with Gasteiger partial charge in [-0.15, -0.1) is 5.92 Å². The molecule has 0 saturated carbocycles. The van der Waals surface area contributed by atoms with E-state index in [4.69, 9.17) is 9.15 Å². The van der Waals surface area contributed by atoms with E-state index in [-0.39, 0.29) is 24.4 Å². The fraction of sp³-hybridized carbons (Fsp3) is 0.238. The van der Waals surface area contributed by atoms with Crippen molar-refractivity contribution in [2.75, 3.05) is 18.4 Å². The lowest BCUT2D eigenvalue weighted by atomic mass is 10.00. The van der Waals surface area contributed by atoms with E-state index in [2.05, 4.69) is 26.3 Å². The molecule has 156 valence electrons. The van der Waals surface area contributed by atoms with Crippen molar-refractivity contribution in [3.63, 3.8) is 0 Å². The number of fused-ring (bicyclic) bond motifs is 1. The van der Waals surface area contributed by atoms with Crippen molar-refractivity contribution >= 4 is 28.0 Å². The van der Waals surface area contributed by atoms with E-state index < -0.39 is 22.6 Å².